The summed E-state index contributed by atoms with van der Waals surface area (Å²) in [5, 5.41) is 25.5. The summed E-state index contributed by atoms with van der Waals surface area (Å²) in [5.74, 6) is -0.0473. The van der Waals surface area contributed by atoms with Gasteiger partial charge in [0.05, 0.1) is 28.9 Å². The highest BCUT2D eigenvalue weighted by molar-refractivity contribution is 6.74. The molecule has 3 saturated heterocycles. The van der Waals surface area contributed by atoms with Crippen molar-refractivity contribution in [1.82, 2.24) is 19.8 Å². The predicted octanol–water partition coefficient (Wildman–Crippen LogP) is 9.73. The zero-order valence-corrected chi connectivity index (χ0v) is 37.9. The number of nitrogens with zero attached hydrogens (tertiary/aromatic N) is 3. The van der Waals surface area contributed by atoms with Crippen LogP contribution in [0.5, 0.6) is 5.75 Å². The third kappa shape index (κ3) is 9.47. The molecule has 9 rings (SSSR count). The third-order valence-electron chi connectivity index (χ3n) is 13.5. The second-order valence-corrected chi connectivity index (χ2v) is 23.4. The lowest BCUT2D eigenvalue weighted by molar-refractivity contribution is 0.0838. The molecule has 5 heterocycles. The number of carboxylic acid groups (broad SMARTS) is 1. The highest BCUT2D eigenvalue weighted by Gasteiger charge is 2.41. The average Bonchev–Trinajstić information content (AvgIpc) is 3.57. The normalized spacial score (nSPS) is 18.4. The minimum atomic E-state index is -2.25. The van der Waals surface area contributed by atoms with E-state index in [1.807, 2.05) is 78.9 Å². The van der Waals surface area contributed by atoms with Gasteiger partial charge >= 0.3 is 11.8 Å². The molecule has 0 aliphatic carbocycles. The Morgan fingerprint density at radius 1 is 1.02 bits per heavy atom. The van der Waals surface area contributed by atoms with E-state index < -0.39 is 20.2 Å². The van der Waals surface area contributed by atoms with E-state index in [4.69, 9.17) is 8.84 Å². The van der Waals surface area contributed by atoms with Crippen molar-refractivity contribution in [3.8, 4) is 16.9 Å². The second-order valence-electron chi connectivity index (χ2n) is 18.6. The number of anilines is 1. The van der Waals surface area contributed by atoms with Gasteiger partial charge in [0.25, 0.3) is 0 Å². The lowest BCUT2D eigenvalue weighted by Gasteiger charge is -2.48. The summed E-state index contributed by atoms with van der Waals surface area (Å²) < 4.78 is 14.4. The number of H-pyrrole nitrogens is 1. The van der Waals surface area contributed by atoms with Crippen LogP contribution in [0.25, 0.3) is 39.2 Å². The van der Waals surface area contributed by atoms with Crippen molar-refractivity contribution < 1.29 is 23.9 Å². The van der Waals surface area contributed by atoms with Gasteiger partial charge in [-0.2, -0.15) is 0 Å². The van der Waals surface area contributed by atoms with E-state index in [2.05, 4.69) is 55.1 Å². The first kappa shape index (κ1) is 43.9. The van der Waals surface area contributed by atoms with Gasteiger partial charge in [-0.05, 0) is 115 Å². The molecule has 0 spiro atoms. The number of aromatic hydroxyl groups is 1. The minimum absolute atomic E-state index is 0.00720. The van der Waals surface area contributed by atoms with Crippen LogP contribution in [0.4, 0.5) is 10.5 Å². The monoisotopic (exact) mass is 869 g/mol. The van der Waals surface area contributed by atoms with Crippen molar-refractivity contribution in [2.45, 2.75) is 89.8 Å². The van der Waals surface area contributed by atoms with Crippen LogP contribution in [0, 0.1) is 5.92 Å². The Hall–Kier alpha value is -5.73. The fourth-order valence-electron chi connectivity index (χ4n) is 9.02. The van der Waals surface area contributed by atoms with Gasteiger partial charge in [-0.1, -0.05) is 87.5 Å². The topological polar surface area (TPSA) is 153 Å². The van der Waals surface area contributed by atoms with Gasteiger partial charge in [0.1, 0.15) is 5.75 Å². The molecule has 2 aromatic heterocycles. The van der Waals surface area contributed by atoms with Crippen LogP contribution in [-0.2, 0) is 17.5 Å². The largest absolute Gasteiger partial charge is 0.506 e. The van der Waals surface area contributed by atoms with E-state index in [1.165, 1.54) is 6.07 Å². The van der Waals surface area contributed by atoms with Crippen LogP contribution in [0.2, 0.25) is 18.1 Å². The van der Waals surface area contributed by atoms with E-state index in [0.29, 0.717) is 55.2 Å². The molecule has 13 heteroatoms. The number of piperidine rings is 3. The molecule has 2 bridgehead atoms. The maximum absolute atomic E-state index is 13.1. The van der Waals surface area contributed by atoms with E-state index in [1.54, 1.807) is 21.6 Å². The molecule has 3 fully saturated rings. The highest BCUT2D eigenvalue weighted by atomic mass is 28.4. The van der Waals surface area contributed by atoms with Gasteiger partial charge in [0.15, 0.2) is 13.9 Å². The van der Waals surface area contributed by atoms with Gasteiger partial charge in [-0.25, -0.2) is 9.59 Å². The number of aromatic nitrogens is 2. The Morgan fingerprint density at radius 3 is 2.51 bits per heavy atom. The van der Waals surface area contributed by atoms with Gasteiger partial charge in [0, 0.05) is 43.2 Å². The number of oxazole rings is 1. The molecule has 12 nitrogen and oxygen atoms in total. The number of phenols is 1. The SMILES string of the molecule is CC(C)(C)[Si](C)(C)O[C@H](CNCc1ccc2c(c1)oc(=O)n2CCC/C=C/c1ccc(-c2ccccc2)c(N(C(=O)O)[C@H]2CN3CCC2CC3)c1)c1ccc(O)c2[nH]c(=O)ccc12. The number of carbonyl (C=O) groups is 1. The molecule has 3 aliphatic heterocycles. The molecule has 4 N–H and O–H groups in total. The first-order valence-electron chi connectivity index (χ1n) is 22.1. The van der Waals surface area contributed by atoms with Crippen molar-refractivity contribution in [1.29, 1.82) is 0 Å². The number of aromatic amines is 1. The summed E-state index contributed by atoms with van der Waals surface area (Å²) in [5.41, 5.74) is 6.70. The predicted molar refractivity (Wildman–Crippen MR) is 253 cm³/mol. The molecule has 63 heavy (non-hydrogen) atoms. The number of benzene rings is 4. The molecule has 1 amide bonds. The van der Waals surface area contributed by atoms with Crippen LogP contribution < -0.4 is 21.5 Å². The third-order valence-corrected chi connectivity index (χ3v) is 18.0. The number of unbranched alkanes of at least 4 members (excludes halogenated alkanes) is 1. The number of hydrogen-bond acceptors (Lipinski definition) is 8. The first-order chi connectivity index (χ1) is 30.2. The summed E-state index contributed by atoms with van der Waals surface area (Å²) >= 11 is 0. The van der Waals surface area contributed by atoms with Gasteiger partial charge in [-0.3, -0.25) is 14.3 Å². The number of amides is 1. The summed E-state index contributed by atoms with van der Waals surface area (Å²) in [6, 6.07) is 28.5. The van der Waals surface area contributed by atoms with Crippen molar-refractivity contribution in [2.75, 3.05) is 31.1 Å². The van der Waals surface area contributed by atoms with Crippen LogP contribution >= 0.6 is 0 Å². The number of nitrogens with one attached hydrogen (secondary N) is 2. The molecular formula is C50H59N5O7Si. The van der Waals surface area contributed by atoms with E-state index in [9.17, 15) is 24.6 Å². The van der Waals surface area contributed by atoms with Gasteiger partial charge < -0.3 is 34.3 Å². The molecule has 2 atom stereocenters. The van der Waals surface area contributed by atoms with E-state index >= 15 is 0 Å². The number of phenolic OH excluding ortho intramolecular Hbond substituents is 1. The van der Waals surface area contributed by atoms with Crippen molar-refractivity contribution in [3.05, 3.63) is 135 Å². The summed E-state index contributed by atoms with van der Waals surface area (Å²) in [4.78, 5) is 45.0. The van der Waals surface area contributed by atoms with Crippen LogP contribution in [0.15, 0.2) is 111 Å². The molecular weight excluding hydrogens is 811 g/mol. The summed E-state index contributed by atoms with van der Waals surface area (Å²) in [7, 11) is -2.25. The Balaban J connectivity index is 0.936. The molecule has 0 saturated carbocycles. The zero-order valence-electron chi connectivity index (χ0n) is 36.9. The zero-order chi connectivity index (χ0) is 44.5. The molecule has 330 valence electrons. The van der Waals surface area contributed by atoms with Crippen molar-refractivity contribution >= 4 is 48.2 Å². The maximum Gasteiger partial charge on any atom is 0.419 e. The van der Waals surface area contributed by atoms with Crippen molar-refractivity contribution in [2.24, 2.45) is 5.92 Å². The maximum atomic E-state index is 13.1. The van der Waals surface area contributed by atoms with E-state index in [-0.39, 0.29) is 28.5 Å². The summed E-state index contributed by atoms with van der Waals surface area (Å²) in [6.45, 7) is 15.3. The number of rotatable bonds is 15. The number of pyridine rings is 1. The smallest absolute Gasteiger partial charge is 0.419 e. The minimum Gasteiger partial charge on any atom is -0.506 e. The standard InChI is InChI=1S/C50H59N5O7Si/c1-50(2,3)63(4,5)62-45(38-18-21-43(56)47-39(38)19-22-46(57)52-47)31-51-30-34-16-20-40-44(29-34)61-49(60)54(40)25-11-7-8-12-33-15-17-37(35-13-9-6-10-14-35)41(28-33)55(48(58)59)42-32-53-26-23-36(42)24-27-53/h6,8-10,12-22,28-29,36,42,45,51,56H,7,11,23-27,30-32H2,1-5H3,(H,52,57)(H,58,59)/b12-8+/t42-,45+/m0/s1. The van der Waals surface area contributed by atoms with Gasteiger partial charge in [0.2, 0.25) is 5.56 Å². The summed E-state index contributed by atoms with van der Waals surface area (Å²) in [6.07, 6.45) is 6.29. The Bertz CT molecular complexity index is 2740. The lowest BCUT2D eigenvalue weighted by atomic mass is 9.82. The molecule has 0 unspecified atom stereocenters. The number of fused-ring (bicyclic) bond motifs is 5. The fourth-order valence-corrected chi connectivity index (χ4v) is 10.3. The number of hydrogen-bond donors (Lipinski definition) is 4. The fraction of sp³-hybridized carbons (Fsp3) is 0.380. The molecule has 0 radical (unpaired) electrons. The average molecular weight is 870 g/mol. The van der Waals surface area contributed by atoms with E-state index in [0.717, 1.165) is 71.2 Å². The number of allylic oxidation sites excluding steroid dienone is 1. The molecule has 4 aromatic carbocycles. The quantitative estimate of drug-likeness (QED) is 0.0584. The van der Waals surface area contributed by atoms with Crippen LogP contribution in [0.1, 0.15) is 69.2 Å². The van der Waals surface area contributed by atoms with Gasteiger partial charge in [-0.15, -0.1) is 0 Å². The Morgan fingerprint density at radius 2 is 1.79 bits per heavy atom. The van der Waals surface area contributed by atoms with Crippen LogP contribution in [-0.4, -0.2) is 71.3 Å². The number of aryl methyl sites for hydroxylation is 1. The Labute approximate surface area is 368 Å². The first-order valence-corrected chi connectivity index (χ1v) is 25.0. The highest BCUT2D eigenvalue weighted by Crippen LogP contribution is 2.42. The van der Waals surface area contributed by atoms with Crippen LogP contribution in [0.3, 0.4) is 0 Å². The Kier molecular flexibility index (Phi) is 12.7. The molecule has 3 aliphatic rings. The van der Waals surface area contributed by atoms with Crippen molar-refractivity contribution in [3.63, 3.8) is 0 Å². The molecule has 6 aromatic rings. The lowest BCUT2D eigenvalue weighted by Crippen LogP contribution is -2.59. The second kappa shape index (κ2) is 18.2.